The van der Waals surface area contributed by atoms with E-state index in [2.05, 4.69) is 10.1 Å². The minimum absolute atomic E-state index is 0.000252. The van der Waals surface area contributed by atoms with Gasteiger partial charge in [0, 0.05) is 44.0 Å². The van der Waals surface area contributed by atoms with Crippen LogP contribution in [0.2, 0.25) is 0 Å². The van der Waals surface area contributed by atoms with Crippen molar-refractivity contribution in [2.24, 2.45) is 7.05 Å². The molecule has 0 N–H and O–H groups in total. The van der Waals surface area contributed by atoms with Crippen LogP contribution < -0.4 is 4.90 Å². The van der Waals surface area contributed by atoms with Crippen molar-refractivity contribution in [2.75, 3.05) is 11.9 Å². The molecule has 3 aromatic rings. The van der Waals surface area contributed by atoms with E-state index in [-0.39, 0.29) is 5.69 Å². The summed E-state index contributed by atoms with van der Waals surface area (Å²) in [6.07, 6.45) is 3.72. The first-order chi connectivity index (χ1) is 11.5. The highest BCUT2D eigenvalue weighted by atomic mass is 16.6. The third-order valence-corrected chi connectivity index (χ3v) is 3.67. The highest BCUT2D eigenvalue weighted by molar-refractivity contribution is 5.71. The summed E-state index contributed by atoms with van der Waals surface area (Å²) >= 11 is 0. The Balaban J connectivity index is 1.96. The normalized spacial score (nSPS) is 10.6. The Labute approximate surface area is 139 Å². The Morgan fingerprint density at radius 1 is 1.21 bits per heavy atom. The van der Waals surface area contributed by atoms with Gasteiger partial charge in [0.25, 0.3) is 5.69 Å². The average molecular weight is 323 g/mol. The van der Waals surface area contributed by atoms with Gasteiger partial charge in [-0.2, -0.15) is 5.10 Å². The number of rotatable bonds is 5. The second-order valence-electron chi connectivity index (χ2n) is 5.54. The predicted octanol–water partition coefficient (Wildman–Crippen LogP) is 3.03. The molecular formula is C17H17N5O2. The summed E-state index contributed by atoms with van der Waals surface area (Å²) in [6.45, 7) is 0.618. The van der Waals surface area contributed by atoms with Gasteiger partial charge in [0.1, 0.15) is 5.82 Å². The average Bonchev–Trinajstić information content (AvgIpc) is 3.00. The van der Waals surface area contributed by atoms with Crippen molar-refractivity contribution in [3.8, 4) is 11.3 Å². The topological polar surface area (TPSA) is 77.1 Å². The van der Waals surface area contributed by atoms with Crippen LogP contribution in [0.5, 0.6) is 0 Å². The van der Waals surface area contributed by atoms with Crippen molar-refractivity contribution in [2.45, 2.75) is 6.54 Å². The molecule has 2 heterocycles. The maximum absolute atomic E-state index is 11.3. The zero-order chi connectivity index (χ0) is 17.1. The summed E-state index contributed by atoms with van der Waals surface area (Å²) in [6, 6.07) is 12.4. The van der Waals surface area contributed by atoms with Crippen LogP contribution in [0, 0.1) is 10.1 Å². The molecule has 3 rings (SSSR count). The molecule has 0 aliphatic rings. The minimum atomic E-state index is -0.403. The Morgan fingerprint density at radius 3 is 2.58 bits per heavy atom. The number of hydrogen-bond acceptors (Lipinski definition) is 5. The standard InChI is InChI=1S/C17H17N5O2/c1-20(11-13-10-18-21(2)12-13)16-9-8-15(22(23)24)17(19-16)14-6-4-3-5-7-14/h3-10,12H,11H2,1-2H3. The minimum Gasteiger partial charge on any atom is -0.355 e. The zero-order valence-corrected chi connectivity index (χ0v) is 13.5. The van der Waals surface area contributed by atoms with Crippen molar-refractivity contribution in [1.29, 1.82) is 0 Å². The molecule has 0 atom stereocenters. The van der Waals surface area contributed by atoms with E-state index in [0.717, 1.165) is 11.1 Å². The van der Waals surface area contributed by atoms with E-state index >= 15 is 0 Å². The number of hydrogen-bond donors (Lipinski definition) is 0. The second-order valence-corrected chi connectivity index (χ2v) is 5.54. The molecule has 1 aromatic carbocycles. The number of benzene rings is 1. The second kappa shape index (κ2) is 6.49. The largest absolute Gasteiger partial charge is 0.355 e. The zero-order valence-electron chi connectivity index (χ0n) is 13.5. The van der Waals surface area contributed by atoms with Gasteiger partial charge in [-0.1, -0.05) is 30.3 Å². The molecule has 0 radical (unpaired) electrons. The summed E-state index contributed by atoms with van der Waals surface area (Å²) in [5.74, 6) is 0.670. The van der Waals surface area contributed by atoms with Crippen LogP contribution in [-0.4, -0.2) is 26.7 Å². The Kier molecular flexibility index (Phi) is 4.24. The summed E-state index contributed by atoms with van der Waals surface area (Å²) in [5.41, 5.74) is 2.14. The fraction of sp³-hybridized carbons (Fsp3) is 0.176. The molecule has 7 heteroatoms. The molecule has 24 heavy (non-hydrogen) atoms. The van der Waals surface area contributed by atoms with Crippen LogP contribution in [0.3, 0.4) is 0 Å². The van der Waals surface area contributed by atoms with Crippen LogP contribution in [0.4, 0.5) is 11.5 Å². The van der Waals surface area contributed by atoms with Crippen molar-refractivity contribution in [3.63, 3.8) is 0 Å². The first-order valence-electron chi connectivity index (χ1n) is 7.44. The van der Waals surface area contributed by atoms with Crippen LogP contribution in [0.1, 0.15) is 5.56 Å². The van der Waals surface area contributed by atoms with Crippen molar-refractivity contribution in [1.82, 2.24) is 14.8 Å². The van der Waals surface area contributed by atoms with Crippen LogP contribution in [0.15, 0.2) is 54.9 Å². The summed E-state index contributed by atoms with van der Waals surface area (Å²) < 4.78 is 1.74. The van der Waals surface area contributed by atoms with Crippen LogP contribution in [-0.2, 0) is 13.6 Å². The van der Waals surface area contributed by atoms with Crippen molar-refractivity contribution in [3.05, 3.63) is 70.5 Å². The maximum Gasteiger partial charge on any atom is 0.295 e. The number of pyridine rings is 1. The van der Waals surface area contributed by atoms with E-state index in [1.54, 1.807) is 16.9 Å². The molecule has 0 aliphatic heterocycles. The molecule has 0 aliphatic carbocycles. The van der Waals surface area contributed by atoms with Gasteiger partial charge in [0.2, 0.25) is 0 Å². The maximum atomic E-state index is 11.3. The molecule has 0 unspecified atom stereocenters. The SMILES string of the molecule is CN(Cc1cnn(C)c1)c1ccc([N+](=O)[O-])c(-c2ccccc2)n1. The number of nitrogens with zero attached hydrogens (tertiary/aromatic N) is 5. The van der Waals surface area contributed by atoms with Gasteiger partial charge in [-0.25, -0.2) is 4.98 Å². The lowest BCUT2D eigenvalue weighted by atomic mass is 10.1. The highest BCUT2D eigenvalue weighted by Crippen LogP contribution is 2.30. The van der Waals surface area contributed by atoms with E-state index in [9.17, 15) is 10.1 Å². The lowest BCUT2D eigenvalue weighted by Gasteiger charge is -2.18. The first-order valence-corrected chi connectivity index (χ1v) is 7.44. The van der Waals surface area contributed by atoms with Gasteiger partial charge in [0.15, 0.2) is 5.69 Å². The van der Waals surface area contributed by atoms with Gasteiger partial charge in [-0.3, -0.25) is 14.8 Å². The smallest absolute Gasteiger partial charge is 0.295 e. The fourth-order valence-corrected chi connectivity index (χ4v) is 2.52. The Morgan fingerprint density at radius 2 is 1.96 bits per heavy atom. The molecule has 0 saturated carbocycles. The third-order valence-electron chi connectivity index (χ3n) is 3.67. The fourth-order valence-electron chi connectivity index (χ4n) is 2.52. The molecule has 122 valence electrons. The monoisotopic (exact) mass is 323 g/mol. The molecule has 0 amide bonds. The lowest BCUT2D eigenvalue weighted by molar-refractivity contribution is -0.384. The Bertz CT molecular complexity index is 860. The van der Waals surface area contributed by atoms with E-state index < -0.39 is 4.92 Å². The van der Waals surface area contributed by atoms with Gasteiger partial charge in [-0.15, -0.1) is 0 Å². The van der Waals surface area contributed by atoms with Crippen LogP contribution >= 0.6 is 0 Å². The summed E-state index contributed by atoms with van der Waals surface area (Å²) in [4.78, 5) is 17.4. The van der Waals surface area contributed by atoms with E-state index in [1.807, 2.05) is 55.5 Å². The third kappa shape index (κ3) is 3.24. The van der Waals surface area contributed by atoms with Gasteiger partial charge < -0.3 is 4.90 Å². The molecule has 2 aromatic heterocycles. The van der Waals surface area contributed by atoms with Crippen molar-refractivity contribution >= 4 is 11.5 Å². The number of nitro groups is 1. The number of aryl methyl sites for hydroxylation is 1. The Hall–Kier alpha value is -3.22. The van der Waals surface area contributed by atoms with Gasteiger partial charge in [-0.05, 0) is 6.07 Å². The molecule has 0 spiro atoms. The summed E-state index contributed by atoms with van der Waals surface area (Å²) in [5, 5.41) is 15.5. The molecule has 7 nitrogen and oxygen atoms in total. The quantitative estimate of drug-likeness (QED) is 0.533. The summed E-state index contributed by atoms with van der Waals surface area (Å²) in [7, 11) is 3.76. The van der Waals surface area contributed by atoms with E-state index in [4.69, 9.17) is 0 Å². The van der Waals surface area contributed by atoms with Gasteiger partial charge in [0.05, 0.1) is 11.1 Å². The molecule has 0 fully saturated rings. The number of anilines is 1. The van der Waals surface area contributed by atoms with E-state index in [1.165, 1.54) is 6.07 Å². The van der Waals surface area contributed by atoms with Crippen LogP contribution in [0.25, 0.3) is 11.3 Å². The highest BCUT2D eigenvalue weighted by Gasteiger charge is 2.19. The predicted molar refractivity (Wildman–Crippen MR) is 91.6 cm³/mol. The molecule has 0 bridgehead atoms. The number of aromatic nitrogens is 3. The van der Waals surface area contributed by atoms with Crippen molar-refractivity contribution < 1.29 is 4.92 Å². The first kappa shape index (κ1) is 15.7. The van der Waals surface area contributed by atoms with E-state index in [0.29, 0.717) is 18.1 Å². The molecule has 0 saturated heterocycles. The lowest BCUT2D eigenvalue weighted by Crippen LogP contribution is -2.17. The molecular weight excluding hydrogens is 306 g/mol. The van der Waals surface area contributed by atoms with Gasteiger partial charge >= 0.3 is 0 Å².